The van der Waals surface area contributed by atoms with Gasteiger partial charge < -0.3 is 10.5 Å². The fourth-order valence-corrected chi connectivity index (χ4v) is 1.61. The molecule has 0 bridgehead atoms. The molecule has 2 rings (SSSR count). The molecule has 1 heterocycles. The lowest BCUT2D eigenvalue weighted by Gasteiger charge is -2.13. The lowest BCUT2D eigenvalue weighted by atomic mass is 10.1. The zero-order chi connectivity index (χ0) is 13.1. The molecule has 94 valence electrons. The number of hydrogen-bond acceptors (Lipinski definition) is 3. The van der Waals surface area contributed by atoms with Crippen LogP contribution in [-0.4, -0.2) is 4.98 Å². The number of nitrogens with two attached hydrogens (primary N) is 1. The van der Waals surface area contributed by atoms with Gasteiger partial charge in [-0.15, -0.1) is 0 Å². The molecule has 0 radical (unpaired) electrons. The number of aryl methyl sites for hydroxylation is 1. The summed E-state index contributed by atoms with van der Waals surface area (Å²) in [5.74, 6) is 0.836. The van der Waals surface area contributed by atoms with E-state index in [1.54, 1.807) is 19.2 Å². The third-order valence-corrected chi connectivity index (χ3v) is 2.57. The molecule has 18 heavy (non-hydrogen) atoms. The molecule has 0 amide bonds. The van der Waals surface area contributed by atoms with E-state index < -0.39 is 0 Å². The van der Waals surface area contributed by atoms with E-state index in [0.717, 1.165) is 5.69 Å². The van der Waals surface area contributed by atoms with Crippen LogP contribution in [0.5, 0.6) is 11.5 Å². The van der Waals surface area contributed by atoms with Gasteiger partial charge in [-0.25, -0.2) is 4.39 Å². The molecule has 1 unspecified atom stereocenters. The minimum Gasteiger partial charge on any atom is -0.455 e. The van der Waals surface area contributed by atoms with E-state index in [1.807, 2.05) is 19.1 Å². The van der Waals surface area contributed by atoms with Crippen LogP contribution in [0.1, 0.15) is 24.2 Å². The third kappa shape index (κ3) is 2.84. The highest BCUT2D eigenvalue weighted by Gasteiger charge is 2.10. The Balaban J connectivity index is 2.31. The minimum absolute atomic E-state index is 0.297. The van der Waals surface area contributed by atoms with E-state index in [2.05, 4.69) is 4.98 Å². The van der Waals surface area contributed by atoms with Crippen molar-refractivity contribution < 1.29 is 9.13 Å². The van der Waals surface area contributed by atoms with Crippen LogP contribution in [0.4, 0.5) is 4.39 Å². The maximum absolute atomic E-state index is 13.2. The Kier molecular flexibility index (Phi) is 3.58. The van der Waals surface area contributed by atoms with Gasteiger partial charge in [0, 0.05) is 17.3 Å². The molecule has 1 atom stereocenters. The van der Waals surface area contributed by atoms with E-state index in [4.69, 9.17) is 10.5 Å². The molecule has 1 aromatic carbocycles. The van der Waals surface area contributed by atoms with Crippen molar-refractivity contribution in [3.8, 4) is 11.5 Å². The first-order chi connectivity index (χ1) is 8.56. The monoisotopic (exact) mass is 246 g/mol. The van der Waals surface area contributed by atoms with Crippen LogP contribution in [0.2, 0.25) is 0 Å². The predicted molar refractivity (Wildman–Crippen MR) is 68.1 cm³/mol. The van der Waals surface area contributed by atoms with Crippen molar-refractivity contribution in [3.05, 3.63) is 53.6 Å². The van der Waals surface area contributed by atoms with Gasteiger partial charge in [0.1, 0.15) is 17.3 Å². The maximum atomic E-state index is 13.2. The number of rotatable bonds is 3. The molecule has 2 N–H and O–H groups in total. The summed E-state index contributed by atoms with van der Waals surface area (Å²) in [5, 5.41) is 0. The number of hydrogen-bond donors (Lipinski definition) is 1. The fraction of sp³-hybridized carbons (Fsp3) is 0.214. The Morgan fingerprint density at radius 2 is 2.06 bits per heavy atom. The van der Waals surface area contributed by atoms with Gasteiger partial charge in [0.05, 0.1) is 6.20 Å². The molecule has 3 nitrogen and oxygen atoms in total. The van der Waals surface area contributed by atoms with E-state index in [-0.39, 0.29) is 11.9 Å². The van der Waals surface area contributed by atoms with Gasteiger partial charge in [0.25, 0.3) is 0 Å². The highest BCUT2D eigenvalue weighted by atomic mass is 19.1. The lowest BCUT2D eigenvalue weighted by Crippen LogP contribution is -2.07. The predicted octanol–water partition coefficient (Wildman–Crippen LogP) is 3.34. The first kappa shape index (κ1) is 12.5. The third-order valence-electron chi connectivity index (χ3n) is 2.57. The summed E-state index contributed by atoms with van der Waals surface area (Å²) in [6, 6.07) is 7.69. The number of ether oxygens (including phenoxy) is 1. The van der Waals surface area contributed by atoms with Gasteiger partial charge in [-0.3, -0.25) is 4.98 Å². The van der Waals surface area contributed by atoms with Crippen molar-refractivity contribution in [1.29, 1.82) is 0 Å². The lowest BCUT2D eigenvalue weighted by molar-refractivity contribution is 0.467. The van der Waals surface area contributed by atoms with Crippen LogP contribution in [0, 0.1) is 12.7 Å². The molecule has 1 aromatic heterocycles. The Morgan fingerprint density at radius 3 is 2.67 bits per heavy atom. The second kappa shape index (κ2) is 5.14. The molecule has 0 spiro atoms. The molecular formula is C14H15FN2O. The second-order valence-electron chi connectivity index (χ2n) is 4.21. The van der Waals surface area contributed by atoms with Gasteiger partial charge in [-0.2, -0.15) is 0 Å². The van der Waals surface area contributed by atoms with Crippen LogP contribution < -0.4 is 10.5 Å². The van der Waals surface area contributed by atoms with Crippen molar-refractivity contribution in [2.45, 2.75) is 19.9 Å². The zero-order valence-electron chi connectivity index (χ0n) is 10.4. The molecule has 0 saturated carbocycles. The molecule has 0 aliphatic carbocycles. The Morgan fingerprint density at radius 1 is 1.28 bits per heavy atom. The summed E-state index contributed by atoms with van der Waals surface area (Å²) >= 11 is 0. The number of pyridine rings is 1. The van der Waals surface area contributed by atoms with Gasteiger partial charge in [-0.05, 0) is 44.2 Å². The first-order valence-electron chi connectivity index (χ1n) is 5.72. The highest BCUT2D eigenvalue weighted by molar-refractivity contribution is 5.39. The minimum atomic E-state index is -0.323. The summed E-state index contributed by atoms with van der Waals surface area (Å²) in [5.41, 5.74) is 7.34. The van der Waals surface area contributed by atoms with E-state index >= 15 is 0 Å². The van der Waals surface area contributed by atoms with E-state index in [9.17, 15) is 4.39 Å². The van der Waals surface area contributed by atoms with Crippen molar-refractivity contribution in [1.82, 2.24) is 4.98 Å². The molecular weight excluding hydrogens is 231 g/mol. The van der Waals surface area contributed by atoms with E-state index in [0.29, 0.717) is 17.1 Å². The van der Waals surface area contributed by atoms with Crippen LogP contribution >= 0.6 is 0 Å². The summed E-state index contributed by atoms with van der Waals surface area (Å²) < 4.78 is 18.8. The van der Waals surface area contributed by atoms with Crippen LogP contribution in [0.25, 0.3) is 0 Å². The first-order valence-corrected chi connectivity index (χ1v) is 5.72. The number of nitrogens with zero attached hydrogens (tertiary/aromatic N) is 1. The van der Waals surface area contributed by atoms with Crippen molar-refractivity contribution in [2.75, 3.05) is 0 Å². The van der Waals surface area contributed by atoms with Crippen molar-refractivity contribution in [2.24, 2.45) is 5.73 Å². The average molecular weight is 246 g/mol. The SMILES string of the molecule is Cc1ccc(Oc2ccc(F)cc2C(C)N)cn1. The topological polar surface area (TPSA) is 48.1 Å². The highest BCUT2D eigenvalue weighted by Crippen LogP contribution is 2.29. The van der Waals surface area contributed by atoms with E-state index in [1.165, 1.54) is 12.1 Å². The number of aromatic nitrogens is 1. The van der Waals surface area contributed by atoms with Crippen LogP contribution in [0.3, 0.4) is 0 Å². The fourth-order valence-electron chi connectivity index (χ4n) is 1.61. The summed E-state index contributed by atoms with van der Waals surface area (Å²) in [7, 11) is 0. The maximum Gasteiger partial charge on any atom is 0.145 e. The molecule has 0 aliphatic heterocycles. The summed E-state index contributed by atoms with van der Waals surface area (Å²) in [4.78, 5) is 4.14. The summed E-state index contributed by atoms with van der Waals surface area (Å²) in [6.07, 6.45) is 1.63. The Hall–Kier alpha value is -1.94. The average Bonchev–Trinajstić information content (AvgIpc) is 2.34. The van der Waals surface area contributed by atoms with Crippen LogP contribution in [-0.2, 0) is 0 Å². The Labute approximate surface area is 105 Å². The number of benzene rings is 1. The molecule has 4 heteroatoms. The molecule has 2 aromatic rings. The van der Waals surface area contributed by atoms with Gasteiger partial charge in [-0.1, -0.05) is 0 Å². The quantitative estimate of drug-likeness (QED) is 0.903. The smallest absolute Gasteiger partial charge is 0.145 e. The van der Waals surface area contributed by atoms with Crippen molar-refractivity contribution >= 4 is 0 Å². The molecule has 0 saturated heterocycles. The van der Waals surface area contributed by atoms with Gasteiger partial charge >= 0.3 is 0 Å². The van der Waals surface area contributed by atoms with Gasteiger partial charge in [0.15, 0.2) is 0 Å². The summed E-state index contributed by atoms with van der Waals surface area (Å²) in [6.45, 7) is 3.68. The van der Waals surface area contributed by atoms with Gasteiger partial charge in [0.2, 0.25) is 0 Å². The standard InChI is InChI=1S/C14H15FN2O/c1-9-3-5-12(8-17-9)18-14-6-4-11(15)7-13(14)10(2)16/h3-8,10H,16H2,1-2H3. The largest absolute Gasteiger partial charge is 0.455 e. The zero-order valence-corrected chi connectivity index (χ0v) is 10.4. The van der Waals surface area contributed by atoms with Crippen molar-refractivity contribution in [3.63, 3.8) is 0 Å². The van der Waals surface area contributed by atoms with Crippen LogP contribution in [0.15, 0.2) is 36.5 Å². The molecule has 0 aliphatic rings. The second-order valence-corrected chi connectivity index (χ2v) is 4.21. The normalized spacial score (nSPS) is 12.2. The number of halogens is 1. The molecule has 0 fully saturated rings. The Bertz CT molecular complexity index is 538.